The molecule has 1 aromatic carbocycles. The SMILES string of the molecule is C=CCCC(=O)C(=O)C(CCC)CC(=O)[C@@H]1[C@@H]2[C@H](CN1C(=O)[C@@H](NC(=O)OC(C)(C)C)C1Cc3ccccc3C1)C2(C)C. The van der Waals surface area contributed by atoms with Crippen LogP contribution in [-0.4, -0.2) is 58.5 Å². The number of amides is 2. The van der Waals surface area contributed by atoms with Gasteiger partial charge >= 0.3 is 6.09 Å². The van der Waals surface area contributed by atoms with Gasteiger partial charge in [-0.15, -0.1) is 6.58 Å². The highest BCUT2D eigenvalue weighted by Gasteiger charge is 2.69. The summed E-state index contributed by atoms with van der Waals surface area (Å²) in [7, 11) is 0. The summed E-state index contributed by atoms with van der Waals surface area (Å²) in [6.07, 6.45) is 3.73. The Morgan fingerprint density at radius 1 is 1.12 bits per heavy atom. The molecule has 2 fully saturated rings. The number of hydrogen-bond donors (Lipinski definition) is 1. The molecule has 1 unspecified atom stereocenters. The molecule has 5 atom stereocenters. The number of fused-ring (bicyclic) bond motifs is 2. The maximum atomic E-state index is 14.4. The van der Waals surface area contributed by atoms with Crippen LogP contribution < -0.4 is 5.32 Å². The molecule has 1 N–H and O–H groups in total. The molecule has 0 aromatic heterocycles. The second-order valence-electron chi connectivity index (χ2n) is 14.2. The van der Waals surface area contributed by atoms with Gasteiger partial charge in [0.15, 0.2) is 11.6 Å². The van der Waals surface area contributed by atoms with Crippen molar-refractivity contribution >= 4 is 29.4 Å². The number of allylic oxidation sites excluding steroid dienone is 1. The fraction of sp³-hybridized carbons (Fsp3) is 0.629. The van der Waals surface area contributed by atoms with E-state index in [1.165, 1.54) is 0 Å². The Labute approximate surface area is 256 Å². The summed E-state index contributed by atoms with van der Waals surface area (Å²) in [6.45, 7) is 15.5. The van der Waals surface area contributed by atoms with E-state index in [-0.39, 0.29) is 47.7 Å². The van der Waals surface area contributed by atoms with Gasteiger partial charge < -0.3 is 15.0 Å². The quantitative estimate of drug-likeness (QED) is 0.247. The summed E-state index contributed by atoms with van der Waals surface area (Å²) in [4.78, 5) is 68.8. The first-order valence-corrected chi connectivity index (χ1v) is 15.8. The van der Waals surface area contributed by atoms with E-state index in [9.17, 15) is 24.0 Å². The van der Waals surface area contributed by atoms with Crippen molar-refractivity contribution in [2.24, 2.45) is 29.1 Å². The molecular formula is C35H48N2O6. The van der Waals surface area contributed by atoms with Crippen LogP contribution in [0.25, 0.3) is 0 Å². The Hall–Kier alpha value is -3.29. The third-order valence-electron chi connectivity index (χ3n) is 9.62. The van der Waals surface area contributed by atoms with Crippen molar-refractivity contribution in [1.82, 2.24) is 10.2 Å². The molecule has 1 saturated heterocycles. The van der Waals surface area contributed by atoms with E-state index in [4.69, 9.17) is 4.74 Å². The standard InChI is InChI=1S/C35H48N2O6/c1-8-10-16-26(38)31(40)23(13-9-2)19-27(39)30-28-25(35(28,6)7)20-37(30)32(41)29(36-33(42)43-34(3,4)5)24-17-21-14-11-12-15-22(21)18-24/h8,11-12,14-15,23-25,28-30H,1,9-10,13,16-20H2,2-7H3,(H,36,42)/t23?,25-,28-,29-,30+/m0/s1. The molecule has 1 aliphatic heterocycles. The third-order valence-corrected chi connectivity index (χ3v) is 9.62. The van der Waals surface area contributed by atoms with Crippen molar-refractivity contribution in [3.05, 3.63) is 48.0 Å². The first kappa shape index (κ1) is 32.6. The number of alkyl carbamates (subject to hydrolysis) is 1. The van der Waals surface area contributed by atoms with Crippen molar-refractivity contribution in [2.75, 3.05) is 6.54 Å². The average molecular weight is 593 g/mol. The number of ketones is 3. The van der Waals surface area contributed by atoms with Gasteiger partial charge in [-0.2, -0.15) is 0 Å². The number of nitrogens with zero attached hydrogens (tertiary/aromatic N) is 1. The van der Waals surface area contributed by atoms with Crippen LogP contribution in [0.3, 0.4) is 0 Å². The Bertz CT molecular complexity index is 1250. The number of piperidine rings is 1. The molecule has 1 heterocycles. The van der Waals surface area contributed by atoms with Crippen LogP contribution in [0.1, 0.15) is 84.8 Å². The minimum Gasteiger partial charge on any atom is -0.444 e. The van der Waals surface area contributed by atoms with E-state index in [1.807, 2.05) is 31.2 Å². The molecule has 234 valence electrons. The lowest BCUT2D eigenvalue weighted by atomic mass is 9.85. The van der Waals surface area contributed by atoms with Crippen LogP contribution >= 0.6 is 0 Å². The van der Waals surface area contributed by atoms with Crippen molar-refractivity contribution in [2.45, 2.75) is 104 Å². The number of hydrogen-bond acceptors (Lipinski definition) is 6. The monoisotopic (exact) mass is 592 g/mol. The molecule has 0 bridgehead atoms. The number of carbonyl (C=O) groups excluding carboxylic acids is 5. The molecule has 2 aliphatic carbocycles. The molecule has 3 aliphatic rings. The topological polar surface area (TPSA) is 110 Å². The zero-order chi connectivity index (χ0) is 31.7. The van der Waals surface area contributed by atoms with E-state index < -0.39 is 41.3 Å². The lowest BCUT2D eigenvalue weighted by molar-refractivity contribution is -0.144. The third kappa shape index (κ3) is 7.10. The van der Waals surface area contributed by atoms with E-state index in [2.05, 4.69) is 25.7 Å². The zero-order valence-corrected chi connectivity index (χ0v) is 26.6. The number of ether oxygens (including phenoxy) is 1. The summed E-state index contributed by atoms with van der Waals surface area (Å²) in [5, 5.41) is 2.88. The Balaban J connectivity index is 1.59. The molecule has 1 saturated carbocycles. The van der Waals surface area contributed by atoms with Crippen LogP contribution in [-0.2, 0) is 36.8 Å². The highest BCUT2D eigenvalue weighted by atomic mass is 16.6. The molecule has 8 heteroatoms. The van der Waals surface area contributed by atoms with Gasteiger partial charge in [0.25, 0.3) is 0 Å². The maximum Gasteiger partial charge on any atom is 0.408 e. The smallest absolute Gasteiger partial charge is 0.408 e. The second kappa shape index (κ2) is 12.7. The average Bonchev–Trinajstić information content (AvgIpc) is 3.30. The lowest BCUT2D eigenvalue weighted by Gasteiger charge is -2.35. The Morgan fingerprint density at radius 3 is 2.30 bits per heavy atom. The largest absolute Gasteiger partial charge is 0.444 e. The zero-order valence-electron chi connectivity index (χ0n) is 26.6. The van der Waals surface area contributed by atoms with Gasteiger partial charge in [0.2, 0.25) is 11.7 Å². The molecule has 8 nitrogen and oxygen atoms in total. The van der Waals surface area contributed by atoms with Gasteiger partial charge in [-0.05, 0) is 80.8 Å². The van der Waals surface area contributed by atoms with Crippen molar-refractivity contribution < 1.29 is 28.7 Å². The molecule has 0 radical (unpaired) electrons. The van der Waals surface area contributed by atoms with Crippen LogP contribution in [0.4, 0.5) is 4.79 Å². The minimum atomic E-state index is -0.869. The number of nitrogens with one attached hydrogen (secondary N) is 1. The van der Waals surface area contributed by atoms with E-state index >= 15 is 0 Å². The minimum absolute atomic E-state index is 0.0271. The van der Waals surface area contributed by atoms with Gasteiger partial charge in [-0.1, -0.05) is 57.5 Å². The fourth-order valence-electron chi connectivity index (χ4n) is 7.33. The molecular weight excluding hydrogens is 544 g/mol. The molecule has 0 spiro atoms. The van der Waals surface area contributed by atoms with Crippen LogP contribution in [0.15, 0.2) is 36.9 Å². The highest BCUT2D eigenvalue weighted by molar-refractivity contribution is 6.38. The van der Waals surface area contributed by atoms with Gasteiger partial charge in [0.05, 0.1) is 6.04 Å². The number of benzene rings is 1. The number of likely N-dealkylation sites (tertiary alicyclic amines) is 1. The Kier molecular flexibility index (Phi) is 9.67. The van der Waals surface area contributed by atoms with E-state index in [0.717, 1.165) is 11.1 Å². The summed E-state index contributed by atoms with van der Waals surface area (Å²) in [6, 6.07) is 6.47. The molecule has 2 amide bonds. The molecule has 1 aromatic rings. The van der Waals surface area contributed by atoms with Gasteiger partial charge in [0.1, 0.15) is 11.6 Å². The number of Topliss-reactive ketones (excluding diaryl/α,β-unsaturated/α-hetero) is 3. The predicted octanol–water partition coefficient (Wildman–Crippen LogP) is 5.26. The molecule has 43 heavy (non-hydrogen) atoms. The van der Waals surface area contributed by atoms with E-state index in [1.54, 1.807) is 31.7 Å². The summed E-state index contributed by atoms with van der Waals surface area (Å²) in [5.41, 5.74) is 1.45. The van der Waals surface area contributed by atoms with Gasteiger partial charge in [0, 0.05) is 25.3 Å². The Morgan fingerprint density at radius 2 is 1.74 bits per heavy atom. The van der Waals surface area contributed by atoms with Gasteiger partial charge in [-0.3, -0.25) is 19.2 Å². The number of rotatable bonds is 13. The number of carbonyl (C=O) groups is 5. The van der Waals surface area contributed by atoms with Crippen LogP contribution in [0.2, 0.25) is 0 Å². The van der Waals surface area contributed by atoms with Crippen LogP contribution in [0.5, 0.6) is 0 Å². The summed E-state index contributed by atoms with van der Waals surface area (Å²) >= 11 is 0. The highest BCUT2D eigenvalue weighted by Crippen LogP contribution is 2.65. The van der Waals surface area contributed by atoms with Crippen molar-refractivity contribution in [1.29, 1.82) is 0 Å². The molecule has 4 rings (SSSR count). The lowest BCUT2D eigenvalue weighted by Crippen LogP contribution is -2.57. The van der Waals surface area contributed by atoms with Crippen molar-refractivity contribution in [3.63, 3.8) is 0 Å². The fourth-order valence-corrected chi connectivity index (χ4v) is 7.33. The van der Waals surface area contributed by atoms with Crippen LogP contribution in [0, 0.1) is 29.1 Å². The predicted molar refractivity (Wildman–Crippen MR) is 164 cm³/mol. The first-order chi connectivity index (χ1) is 20.2. The normalized spacial score (nSPS) is 23.5. The summed E-state index contributed by atoms with van der Waals surface area (Å²) in [5.74, 6) is -2.21. The maximum absolute atomic E-state index is 14.4. The van der Waals surface area contributed by atoms with E-state index in [0.29, 0.717) is 38.6 Å². The van der Waals surface area contributed by atoms with Crippen molar-refractivity contribution in [3.8, 4) is 0 Å². The van der Waals surface area contributed by atoms with Gasteiger partial charge in [-0.25, -0.2) is 4.79 Å². The summed E-state index contributed by atoms with van der Waals surface area (Å²) < 4.78 is 5.55. The first-order valence-electron chi connectivity index (χ1n) is 15.8. The second-order valence-corrected chi connectivity index (χ2v) is 14.2.